The lowest BCUT2D eigenvalue weighted by Crippen LogP contribution is -2.39. The topological polar surface area (TPSA) is 123 Å². The van der Waals surface area contributed by atoms with Crippen molar-refractivity contribution in [3.05, 3.63) is 65.3 Å². The van der Waals surface area contributed by atoms with Gasteiger partial charge in [0.1, 0.15) is 16.4 Å². The summed E-state index contributed by atoms with van der Waals surface area (Å²) in [6, 6.07) is 12.4. The molecule has 224 valence electrons. The quantitative estimate of drug-likeness (QED) is 0.281. The van der Waals surface area contributed by atoms with Gasteiger partial charge in [0.25, 0.3) is 0 Å². The molecule has 4 rings (SSSR count). The van der Waals surface area contributed by atoms with E-state index >= 15 is 0 Å². The smallest absolute Gasteiger partial charge is 0.410 e. The Morgan fingerprint density at radius 3 is 2.48 bits per heavy atom. The Labute approximate surface area is 252 Å². The van der Waals surface area contributed by atoms with Crippen molar-refractivity contribution in [1.82, 2.24) is 14.9 Å². The highest BCUT2D eigenvalue weighted by atomic mass is 35.5. The standard InChI is InChI=1S/C30H36ClN5O5S/c1-19(2)42(38,39)26-10-8-7-9-24(26)33-27-22(31)18-32-28(35-27)34-23-12-11-21(17-25(23)40-6)20-13-15-36(16-14-20)29(37)41-30(3,4)5/h7-13,17-19H,14-16H2,1-6H3,(H2,32,33,34,35). The van der Waals surface area contributed by atoms with Gasteiger partial charge in [-0.3, -0.25) is 0 Å². The molecule has 1 aliphatic rings. The molecule has 12 heteroatoms. The highest BCUT2D eigenvalue weighted by Crippen LogP contribution is 2.34. The normalized spacial score (nSPS) is 13.9. The molecule has 42 heavy (non-hydrogen) atoms. The highest BCUT2D eigenvalue weighted by Gasteiger charge is 2.25. The Bertz CT molecular complexity index is 1600. The monoisotopic (exact) mass is 613 g/mol. The molecule has 3 aromatic rings. The van der Waals surface area contributed by atoms with Gasteiger partial charge in [0.15, 0.2) is 15.7 Å². The Balaban J connectivity index is 1.53. The van der Waals surface area contributed by atoms with Gasteiger partial charge in [-0.15, -0.1) is 0 Å². The third kappa shape index (κ3) is 7.32. The van der Waals surface area contributed by atoms with Crippen LogP contribution in [0.3, 0.4) is 0 Å². The molecule has 0 unspecified atom stereocenters. The Hall–Kier alpha value is -3.83. The van der Waals surface area contributed by atoms with Crippen LogP contribution in [0.4, 0.5) is 27.9 Å². The molecule has 0 fully saturated rings. The maximum absolute atomic E-state index is 12.9. The summed E-state index contributed by atoms with van der Waals surface area (Å²) < 4.78 is 36.9. The van der Waals surface area contributed by atoms with Gasteiger partial charge in [-0.25, -0.2) is 18.2 Å². The van der Waals surface area contributed by atoms with Crippen LogP contribution in [-0.4, -0.2) is 60.4 Å². The van der Waals surface area contributed by atoms with E-state index in [0.29, 0.717) is 36.6 Å². The van der Waals surface area contributed by atoms with Crippen molar-refractivity contribution >= 4 is 56.2 Å². The van der Waals surface area contributed by atoms with Gasteiger partial charge in [0, 0.05) is 13.1 Å². The first-order chi connectivity index (χ1) is 19.8. The first-order valence-corrected chi connectivity index (χ1v) is 15.5. The van der Waals surface area contributed by atoms with Crippen molar-refractivity contribution < 1.29 is 22.7 Å². The molecular formula is C30H36ClN5O5S. The third-order valence-electron chi connectivity index (χ3n) is 6.49. The number of hydrogen-bond donors (Lipinski definition) is 2. The number of nitrogens with zero attached hydrogens (tertiary/aromatic N) is 3. The first-order valence-electron chi connectivity index (χ1n) is 13.5. The highest BCUT2D eigenvalue weighted by molar-refractivity contribution is 7.92. The Kier molecular flexibility index (Phi) is 9.32. The summed E-state index contributed by atoms with van der Waals surface area (Å²) in [5.41, 5.74) is 2.53. The van der Waals surface area contributed by atoms with Gasteiger partial charge in [-0.1, -0.05) is 35.9 Å². The van der Waals surface area contributed by atoms with Gasteiger partial charge in [-0.05, 0) is 76.4 Å². The molecular weight excluding hydrogens is 578 g/mol. The minimum Gasteiger partial charge on any atom is -0.495 e. The molecule has 2 aromatic carbocycles. The van der Waals surface area contributed by atoms with Gasteiger partial charge in [0.05, 0.1) is 34.8 Å². The third-order valence-corrected chi connectivity index (χ3v) is 8.98. The van der Waals surface area contributed by atoms with Crippen LogP contribution in [0.15, 0.2) is 59.6 Å². The van der Waals surface area contributed by atoms with E-state index in [9.17, 15) is 13.2 Å². The second kappa shape index (κ2) is 12.6. The van der Waals surface area contributed by atoms with Gasteiger partial charge in [-0.2, -0.15) is 4.98 Å². The minimum absolute atomic E-state index is 0.160. The number of ether oxygens (including phenoxy) is 2. The van der Waals surface area contributed by atoms with E-state index in [1.807, 2.05) is 45.0 Å². The predicted octanol–water partition coefficient (Wildman–Crippen LogP) is 6.83. The van der Waals surface area contributed by atoms with Crippen LogP contribution in [-0.2, 0) is 14.6 Å². The number of rotatable bonds is 8. The number of nitrogens with one attached hydrogen (secondary N) is 2. The number of amides is 1. The Morgan fingerprint density at radius 1 is 1.10 bits per heavy atom. The predicted molar refractivity (Wildman–Crippen MR) is 166 cm³/mol. The average Bonchev–Trinajstić information content (AvgIpc) is 2.94. The zero-order valence-corrected chi connectivity index (χ0v) is 26.1. The molecule has 0 saturated heterocycles. The molecule has 1 aliphatic heterocycles. The van der Waals surface area contributed by atoms with Crippen LogP contribution in [0.2, 0.25) is 5.02 Å². The number of para-hydroxylation sites is 1. The zero-order valence-electron chi connectivity index (χ0n) is 24.6. The van der Waals surface area contributed by atoms with E-state index in [1.54, 1.807) is 50.1 Å². The van der Waals surface area contributed by atoms with Crippen LogP contribution in [0.5, 0.6) is 5.75 Å². The van der Waals surface area contributed by atoms with Gasteiger partial charge >= 0.3 is 6.09 Å². The largest absolute Gasteiger partial charge is 0.495 e. The van der Waals surface area contributed by atoms with Crippen molar-refractivity contribution in [3.8, 4) is 5.75 Å². The van der Waals surface area contributed by atoms with Crippen LogP contribution in [0.25, 0.3) is 5.57 Å². The van der Waals surface area contributed by atoms with Crippen molar-refractivity contribution in [2.75, 3.05) is 30.8 Å². The van der Waals surface area contributed by atoms with E-state index in [-0.39, 0.29) is 27.8 Å². The summed E-state index contributed by atoms with van der Waals surface area (Å²) in [6.45, 7) is 9.83. The van der Waals surface area contributed by atoms with Crippen molar-refractivity contribution in [2.24, 2.45) is 0 Å². The molecule has 0 atom stereocenters. The molecule has 2 heterocycles. The number of carbonyl (C=O) groups excluding carboxylic acids is 1. The van der Waals surface area contributed by atoms with Crippen LogP contribution in [0, 0.1) is 0 Å². The fraction of sp³-hybridized carbons (Fsp3) is 0.367. The molecule has 0 radical (unpaired) electrons. The van der Waals surface area contributed by atoms with Crippen LogP contribution in [0.1, 0.15) is 46.6 Å². The fourth-order valence-electron chi connectivity index (χ4n) is 4.25. The molecule has 1 aromatic heterocycles. The van der Waals surface area contributed by atoms with Crippen molar-refractivity contribution in [1.29, 1.82) is 0 Å². The number of halogens is 1. The molecule has 10 nitrogen and oxygen atoms in total. The van der Waals surface area contributed by atoms with Crippen LogP contribution < -0.4 is 15.4 Å². The maximum Gasteiger partial charge on any atom is 0.410 e. The zero-order chi connectivity index (χ0) is 30.7. The Morgan fingerprint density at radius 2 is 1.83 bits per heavy atom. The fourth-order valence-corrected chi connectivity index (χ4v) is 5.59. The van der Waals surface area contributed by atoms with E-state index < -0.39 is 20.7 Å². The molecule has 1 amide bonds. The van der Waals surface area contributed by atoms with Gasteiger partial charge < -0.3 is 25.0 Å². The average molecular weight is 614 g/mol. The van der Waals surface area contributed by atoms with E-state index in [1.165, 1.54) is 6.20 Å². The van der Waals surface area contributed by atoms with Crippen molar-refractivity contribution in [3.63, 3.8) is 0 Å². The number of carbonyl (C=O) groups is 1. The lowest BCUT2D eigenvalue weighted by Gasteiger charge is -2.29. The molecule has 0 saturated carbocycles. The van der Waals surface area contributed by atoms with E-state index in [4.69, 9.17) is 21.1 Å². The second-order valence-electron chi connectivity index (χ2n) is 11.1. The summed E-state index contributed by atoms with van der Waals surface area (Å²) in [5, 5.41) is 5.85. The van der Waals surface area contributed by atoms with Crippen molar-refractivity contribution in [2.45, 2.75) is 56.8 Å². The summed E-state index contributed by atoms with van der Waals surface area (Å²) >= 11 is 6.38. The minimum atomic E-state index is -3.55. The number of benzene rings is 2. The van der Waals surface area contributed by atoms with E-state index in [0.717, 1.165) is 11.1 Å². The van der Waals surface area contributed by atoms with Gasteiger partial charge in [0.2, 0.25) is 5.95 Å². The molecule has 2 N–H and O–H groups in total. The second-order valence-corrected chi connectivity index (χ2v) is 13.9. The summed E-state index contributed by atoms with van der Waals surface area (Å²) in [4.78, 5) is 23.0. The van der Waals surface area contributed by atoms with E-state index in [2.05, 4.69) is 20.6 Å². The summed E-state index contributed by atoms with van der Waals surface area (Å²) in [7, 11) is -1.97. The number of hydrogen-bond acceptors (Lipinski definition) is 9. The lowest BCUT2D eigenvalue weighted by atomic mass is 9.99. The number of sulfone groups is 1. The summed E-state index contributed by atoms with van der Waals surface area (Å²) in [6.07, 6.45) is 3.81. The maximum atomic E-state index is 12.9. The number of methoxy groups -OCH3 is 1. The first kappa shape index (κ1) is 31.1. The van der Waals surface area contributed by atoms with Crippen LogP contribution >= 0.6 is 11.6 Å². The SMILES string of the molecule is COc1cc(C2=CCN(C(=O)OC(C)(C)C)CC2)ccc1Nc1ncc(Cl)c(Nc2ccccc2S(=O)(=O)C(C)C)n1. The molecule has 0 spiro atoms. The lowest BCUT2D eigenvalue weighted by molar-refractivity contribution is 0.0270. The molecule has 0 bridgehead atoms. The summed E-state index contributed by atoms with van der Waals surface area (Å²) in [5.74, 6) is 1.06. The molecule has 0 aliphatic carbocycles. The number of anilines is 4. The number of aromatic nitrogens is 2.